The van der Waals surface area contributed by atoms with Crippen LogP contribution in [0.25, 0.3) is 16.9 Å². The number of carbonyl (C=O) groups is 1. The van der Waals surface area contributed by atoms with Gasteiger partial charge in [0.25, 0.3) is 5.91 Å². The lowest BCUT2D eigenvalue weighted by molar-refractivity contribution is 0.0953. The summed E-state index contributed by atoms with van der Waals surface area (Å²) in [5, 5.41) is 12.1. The van der Waals surface area contributed by atoms with Gasteiger partial charge in [-0.05, 0) is 36.5 Å². The fourth-order valence-electron chi connectivity index (χ4n) is 3.48. The third-order valence-corrected chi connectivity index (χ3v) is 6.14. The second kappa shape index (κ2) is 10.5. The topological polar surface area (TPSA) is 71.3 Å². The lowest BCUT2D eigenvalue weighted by Crippen LogP contribution is -2.25. The van der Waals surface area contributed by atoms with Gasteiger partial charge in [-0.3, -0.25) is 4.79 Å². The zero-order valence-electron chi connectivity index (χ0n) is 17.9. The van der Waals surface area contributed by atoms with E-state index in [9.17, 15) is 4.79 Å². The highest BCUT2D eigenvalue weighted by Crippen LogP contribution is 2.28. The maximum absolute atomic E-state index is 12.4. The molecule has 0 bridgehead atoms. The Hall–Kier alpha value is -2.74. The summed E-state index contributed by atoms with van der Waals surface area (Å²) in [6.45, 7) is 1.21. The van der Waals surface area contributed by atoms with Crippen molar-refractivity contribution in [1.29, 1.82) is 0 Å². The molecule has 0 fully saturated rings. The van der Waals surface area contributed by atoms with Crippen LogP contribution in [-0.2, 0) is 0 Å². The Labute approximate surface area is 207 Å². The number of nitrogens with zero attached hydrogens (tertiary/aromatic N) is 3. The quantitative estimate of drug-likeness (QED) is 0.281. The molecule has 4 aromatic rings. The minimum Gasteiger partial charge on any atom is -0.370 e. The van der Waals surface area contributed by atoms with Crippen LogP contribution in [0.5, 0.6) is 0 Å². The van der Waals surface area contributed by atoms with E-state index in [-0.39, 0.29) is 5.91 Å². The minimum atomic E-state index is -0.272. The van der Waals surface area contributed by atoms with E-state index in [4.69, 9.17) is 39.8 Å². The Bertz CT molecular complexity index is 1290. The number of halogens is 3. The zero-order valence-corrected chi connectivity index (χ0v) is 20.2. The molecule has 2 aromatic carbocycles. The van der Waals surface area contributed by atoms with Gasteiger partial charge in [-0.1, -0.05) is 59.1 Å². The number of fused-ring (bicyclic) bond motifs is 1. The molecule has 0 aliphatic carbocycles. The number of amides is 1. The van der Waals surface area contributed by atoms with Crippen molar-refractivity contribution in [3.8, 4) is 11.3 Å². The van der Waals surface area contributed by atoms with Gasteiger partial charge < -0.3 is 10.6 Å². The van der Waals surface area contributed by atoms with E-state index in [0.717, 1.165) is 41.0 Å². The SMILES string of the molecule is Bc1cnn2c(NCCCCNC(=O)c3c(Cl)cccc3Cl)cc(-c3ccccc3Cl)nc12. The van der Waals surface area contributed by atoms with E-state index in [1.165, 1.54) is 0 Å². The van der Waals surface area contributed by atoms with Gasteiger partial charge in [-0.25, -0.2) is 4.98 Å². The van der Waals surface area contributed by atoms with Crippen molar-refractivity contribution in [3.05, 3.63) is 75.4 Å². The van der Waals surface area contributed by atoms with E-state index < -0.39 is 0 Å². The first-order valence-electron chi connectivity index (χ1n) is 10.5. The molecule has 2 heterocycles. The molecule has 4 rings (SSSR count). The van der Waals surface area contributed by atoms with Crippen LogP contribution in [0.4, 0.5) is 5.82 Å². The monoisotopic (exact) mass is 499 g/mol. The van der Waals surface area contributed by atoms with Crippen LogP contribution in [-0.4, -0.2) is 41.4 Å². The highest BCUT2D eigenvalue weighted by Gasteiger charge is 2.14. The fourth-order valence-corrected chi connectivity index (χ4v) is 4.28. The zero-order chi connectivity index (χ0) is 23.4. The third kappa shape index (κ3) is 5.27. The van der Waals surface area contributed by atoms with Gasteiger partial charge in [0.05, 0.1) is 21.3 Å². The first-order valence-corrected chi connectivity index (χ1v) is 11.7. The van der Waals surface area contributed by atoms with E-state index in [1.807, 2.05) is 38.2 Å². The van der Waals surface area contributed by atoms with Crippen LogP contribution >= 0.6 is 34.8 Å². The summed E-state index contributed by atoms with van der Waals surface area (Å²) in [5.41, 5.74) is 3.71. The van der Waals surface area contributed by atoms with Gasteiger partial charge in [-0.2, -0.15) is 9.61 Å². The molecule has 0 spiro atoms. The first kappa shape index (κ1) is 23.4. The number of unbranched alkanes of at least 4 members (excludes halogenated alkanes) is 1. The summed E-state index contributed by atoms with van der Waals surface area (Å²) in [5.74, 6) is 0.556. The number of aromatic nitrogens is 3. The van der Waals surface area contributed by atoms with Gasteiger partial charge >= 0.3 is 0 Å². The van der Waals surface area contributed by atoms with Crippen molar-refractivity contribution in [3.63, 3.8) is 0 Å². The number of anilines is 1. The van der Waals surface area contributed by atoms with Crippen molar-refractivity contribution >= 4 is 65.5 Å². The van der Waals surface area contributed by atoms with Gasteiger partial charge in [0, 0.05) is 35.9 Å². The summed E-state index contributed by atoms with van der Waals surface area (Å²) in [7, 11) is 1.98. The summed E-state index contributed by atoms with van der Waals surface area (Å²) >= 11 is 18.6. The summed E-state index contributed by atoms with van der Waals surface area (Å²) in [4.78, 5) is 17.1. The van der Waals surface area contributed by atoms with Crippen molar-refractivity contribution in [2.45, 2.75) is 12.8 Å². The lowest BCUT2D eigenvalue weighted by atomic mass is 10.0. The maximum Gasteiger partial charge on any atom is 0.254 e. The number of rotatable bonds is 8. The molecule has 0 aliphatic heterocycles. The van der Waals surface area contributed by atoms with Crippen molar-refractivity contribution in [2.24, 2.45) is 0 Å². The van der Waals surface area contributed by atoms with Crippen LogP contribution in [0.3, 0.4) is 0 Å². The molecule has 0 aliphatic rings. The molecular weight excluding hydrogens is 479 g/mol. The molecule has 0 atom stereocenters. The summed E-state index contributed by atoms with van der Waals surface area (Å²) < 4.78 is 1.79. The average molecular weight is 501 g/mol. The standard InChI is InChI=1S/C23H21BCl3N5O/c24-15-13-30-32-20(12-19(31-22(15)32)14-6-1-2-7-16(14)25)28-10-3-4-11-29-23(33)21-17(26)8-5-9-18(21)27/h1-2,5-9,12-13,28H,3-4,10-11,24H2,(H,29,33). The molecule has 10 heteroatoms. The molecule has 168 valence electrons. The van der Waals surface area contributed by atoms with Gasteiger partial charge in [0.2, 0.25) is 0 Å². The number of carbonyl (C=O) groups excluding carboxylic acids is 1. The van der Waals surface area contributed by atoms with E-state index in [1.54, 1.807) is 28.9 Å². The number of nitrogens with one attached hydrogen (secondary N) is 2. The first-order chi connectivity index (χ1) is 16.0. The number of benzene rings is 2. The Morgan fingerprint density at radius 3 is 2.42 bits per heavy atom. The summed E-state index contributed by atoms with van der Waals surface area (Å²) in [6, 6.07) is 14.6. The smallest absolute Gasteiger partial charge is 0.254 e. The molecule has 33 heavy (non-hydrogen) atoms. The van der Waals surface area contributed by atoms with Crippen molar-refractivity contribution in [2.75, 3.05) is 18.4 Å². The highest BCUT2D eigenvalue weighted by molar-refractivity contribution is 6.39. The maximum atomic E-state index is 12.4. The normalized spacial score (nSPS) is 11.0. The van der Waals surface area contributed by atoms with Crippen molar-refractivity contribution < 1.29 is 4.79 Å². The summed E-state index contributed by atoms with van der Waals surface area (Å²) in [6.07, 6.45) is 3.41. The largest absolute Gasteiger partial charge is 0.370 e. The van der Waals surface area contributed by atoms with Gasteiger partial charge in [-0.15, -0.1) is 0 Å². The van der Waals surface area contributed by atoms with Crippen LogP contribution in [0.2, 0.25) is 15.1 Å². The molecule has 2 aromatic heterocycles. The molecule has 2 N–H and O–H groups in total. The number of hydrogen-bond acceptors (Lipinski definition) is 4. The van der Waals surface area contributed by atoms with Gasteiger partial charge in [0.1, 0.15) is 13.7 Å². The molecule has 6 nitrogen and oxygen atoms in total. The minimum absolute atomic E-state index is 0.272. The van der Waals surface area contributed by atoms with Crippen LogP contribution in [0.15, 0.2) is 54.7 Å². The fraction of sp³-hybridized carbons (Fsp3) is 0.174. The lowest BCUT2D eigenvalue weighted by Gasteiger charge is -2.12. The molecule has 0 unspecified atom stereocenters. The van der Waals surface area contributed by atoms with E-state index in [2.05, 4.69) is 15.7 Å². The molecular formula is C23H21BCl3N5O. The second-order valence-corrected chi connectivity index (χ2v) is 8.78. The Morgan fingerprint density at radius 2 is 1.67 bits per heavy atom. The Balaban J connectivity index is 1.38. The molecule has 0 saturated carbocycles. The number of hydrogen-bond donors (Lipinski definition) is 2. The Morgan fingerprint density at radius 1 is 0.970 bits per heavy atom. The van der Waals surface area contributed by atoms with Crippen LogP contribution in [0.1, 0.15) is 23.2 Å². The second-order valence-electron chi connectivity index (χ2n) is 7.56. The molecule has 1 amide bonds. The van der Waals surface area contributed by atoms with Gasteiger partial charge in [0.15, 0.2) is 5.65 Å². The van der Waals surface area contributed by atoms with E-state index >= 15 is 0 Å². The third-order valence-electron chi connectivity index (χ3n) is 5.18. The van der Waals surface area contributed by atoms with Crippen LogP contribution in [0, 0.1) is 0 Å². The van der Waals surface area contributed by atoms with E-state index in [0.29, 0.717) is 33.7 Å². The predicted octanol–water partition coefficient (Wildman–Crippen LogP) is 4.24. The highest BCUT2D eigenvalue weighted by atomic mass is 35.5. The average Bonchev–Trinajstić information content (AvgIpc) is 3.17. The van der Waals surface area contributed by atoms with Crippen molar-refractivity contribution in [1.82, 2.24) is 19.9 Å². The Kier molecular flexibility index (Phi) is 7.43. The predicted molar refractivity (Wildman–Crippen MR) is 138 cm³/mol. The molecule has 0 saturated heterocycles. The van der Waals surface area contributed by atoms with Crippen LogP contribution < -0.4 is 16.1 Å². The molecule has 0 radical (unpaired) electrons.